The summed E-state index contributed by atoms with van der Waals surface area (Å²) < 4.78 is 6.18. The fourth-order valence-corrected chi connectivity index (χ4v) is 3.88. The van der Waals surface area contributed by atoms with E-state index in [1.54, 1.807) is 22.9 Å². The number of nitrogens with one attached hydrogen (secondary N) is 1. The number of carbonyl (C=O) groups excluding carboxylic acids is 2. The molecule has 0 unspecified atom stereocenters. The van der Waals surface area contributed by atoms with Crippen molar-refractivity contribution in [3.05, 3.63) is 52.9 Å². The minimum Gasteiger partial charge on any atom is -0.468 e. The number of thioether (sulfide) groups is 1. The zero-order chi connectivity index (χ0) is 17.6. The molecule has 1 atom stereocenters. The zero-order valence-corrected chi connectivity index (χ0v) is 16.0. The normalized spacial score (nSPS) is 17.1. The van der Waals surface area contributed by atoms with Gasteiger partial charge < -0.3 is 14.6 Å². The van der Waals surface area contributed by atoms with Crippen LogP contribution in [0.4, 0.5) is 5.69 Å². The van der Waals surface area contributed by atoms with Crippen molar-refractivity contribution in [1.82, 2.24) is 5.32 Å². The molecule has 0 spiro atoms. The Labute approximate surface area is 159 Å². The largest absolute Gasteiger partial charge is 0.468 e. The molecule has 1 aromatic heterocycles. The van der Waals surface area contributed by atoms with Gasteiger partial charge in [0.1, 0.15) is 5.76 Å². The van der Waals surface area contributed by atoms with Gasteiger partial charge in [-0.15, -0.1) is 0 Å². The van der Waals surface area contributed by atoms with Crippen molar-refractivity contribution in [3.8, 4) is 0 Å². The van der Waals surface area contributed by atoms with Gasteiger partial charge in [0.15, 0.2) is 0 Å². The molecule has 0 aliphatic carbocycles. The lowest BCUT2D eigenvalue weighted by Crippen LogP contribution is -2.34. The number of benzene rings is 1. The van der Waals surface area contributed by atoms with Gasteiger partial charge in [-0.25, -0.2) is 0 Å². The van der Waals surface area contributed by atoms with E-state index in [0.29, 0.717) is 13.1 Å². The maximum Gasteiger partial charge on any atom is 0.227 e. The van der Waals surface area contributed by atoms with Gasteiger partial charge in [-0.2, -0.15) is 11.8 Å². The van der Waals surface area contributed by atoms with Crippen LogP contribution < -0.4 is 10.2 Å². The van der Waals surface area contributed by atoms with Crippen molar-refractivity contribution in [2.75, 3.05) is 23.7 Å². The van der Waals surface area contributed by atoms with Gasteiger partial charge in [0, 0.05) is 35.4 Å². The Morgan fingerprint density at radius 1 is 1.36 bits per heavy atom. The Morgan fingerprint density at radius 3 is 3.00 bits per heavy atom. The first-order valence-electron chi connectivity index (χ1n) is 8.07. The van der Waals surface area contributed by atoms with Crippen LogP contribution in [0.1, 0.15) is 12.2 Å². The number of amides is 2. The van der Waals surface area contributed by atoms with E-state index in [2.05, 4.69) is 21.2 Å². The van der Waals surface area contributed by atoms with Gasteiger partial charge >= 0.3 is 0 Å². The van der Waals surface area contributed by atoms with Crippen LogP contribution in [0.5, 0.6) is 0 Å². The molecule has 3 rings (SSSR count). The van der Waals surface area contributed by atoms with Crippen LogP contribution in [0.15, 0.2) is 51.6 Å². The minimum absolute atomic E-state index is 0.00885. The van der Waals surface area contributed by atoms with Gasteiger partial charge in [-0.3, -0.25) is 9.59 Å². The van der Waals surface area contributed by atoms with Crippen LogP contribution in [-0.2, 0) is 15.3 Å². The highest BCUT2D eigenvalue weighted by Gasteiger charge is 2.34. The lowest BCUT2D eigenvalue weighted by molar-refractivity contribution is -0.126. The van der Waals surface area contributed by atoms with Crippen molar-refractivity contribution in [3.63, 3.8) is 0 Å². The number of nitrogens with zero attached hydrogens (tertiary/aromatic N) is 1. The molecule has 0 saturated carbocycles. The molecule has 7 heteroatoms. The average Bonchev–Trinajstić information content (AvgIpc) is 3.24. The first kappa shape index (κ1) is 18.1. The molecule has 25 heavy (non-hydrogen) atoms. The van der Waals surface area contributed by atoms with Crippen LogP contribution in [0.3, 0.4) is 0 Å². The number of furan rings is 1. The number of halogens is 1. The highest BCUT2D eigenvalue weighted by molar-refractivity contribution is 9.10. The highest BCUT2D eigenvalue weighted by atomic mass is 79.9. The lowest BCUT2D eigenvalue weighted by atomic mass is 10.1. The summed E-state index contributed by atoms with van der Waals surface area (Å²) in [5.74, 6) is 2.18. The molecule has 1 fully saturated rings. The fourth-order valence-electron chi connectivity index (χ4n) is 2.73. The van der Waals surface area contributed by atoms with Crippen LogP contribution in [0, 0.1) is 5.92 Å². The maximum absolute atomic E-state index is 12.3. The summed E-state index contributed by atoms with van der Waals surface area (Å²) in [7, 11) is 0. The molecular weight excluding hydrogens is 404 g/mol. The van der Waals surface area contributed by atoms with E-state index in [-0.39, 0.29) is 24.2 Å². The van der Waals surface area contributed by atoms with Crippen molar-refractivity contribution in [2.24, 2.45) is 5.92 Å². The van der Waals surface area contributed by atoms with E-state index in [9.17, 15) is 9.59 Å². The molecule has 5 nitrogen and oxygen atoms in total. The van der Waals surface area contributed by atoms with Crippen molar-refractivity contribution in [2.45, 2.75) is 12.2 Å². The standard InChI is InChI=1S/C18H19BrN2O3S/c19-14-3-1-4-15(10-14)21-11-13(9-17(21)22)18(23)20-6-8-25-12-16-5-2-7-24-16/h1-5,7,10,13H,6,8-9,11-12H2,(H,20,23)/t13-/m1/s1. The summed E-state index contributed by atoms with van der Waals surface area (Å²) in [5.41, 5.74) is 0.823. The fraction of sp³-hybridized carbons (Fsp3) is 0.333. The molecular formula is C18H19BrN2O3S. The Morgan fingerprint density at radius 2 is 2.24 bits per heavy atom. The van der Waals surface area contributed by atoms with E-state index in [0.717, 1.165) is 27.4 Å². The molecule has 1 aliphatic rings. The summed E-state index contributed by atoms with van der Waals surface area (Å²) in [4.78, 5) is 26.2. The Balaban J connectivity index is 1.43. The van der Waals surface area contributed by atoms with E-state index >= 15 is 0 Å². The maximum atomic E-state index is 12.3. The van der Waals surface area contributed by atoms with Crippen LogP contribution in [-0.4, -0.2) is 30.7 Å². The summed E-state index contributed by atoms with van der Waals surface area (Å²) in [6, 6.07) is 11.4. The topological polar surface area (TPSA) is 62.6 Å². The van der Waals surface area contributed by atoms with Gasteiger partial charge in [0.2, 0.25) is 11.8 Å². The summed E-state index contributed by atoms with van der Waals surface area (Å²) in [6.07, 6.45) is 1.92. The number of anilines is 1. The zero-order valence-electron chi connectivity index (χ0n) is 13.6. The molecule has 0 radical (unpaired) electrons. The SMILES string of the molecule is O=C(NCCSCc1ccco1)[C@@H]1CC(=O)N(c2cccc(Br)c2)C1. The molecule has 2 amide bonds. The van der Waals surface area contributed by atoms with Crippen molar-refractivity contribution >= 4 is 45.2 Å². The second-order valence-electron chi connectivity index (χ2n) is 5.81. The Hall–Kier alpha value is -1.73. The quantitative estimate of drug-likeness (QED) is 0.694. The lowest BCUT2D eigenvalue weighted by Gasteiger charge is -2.17. The summed E-state index contributed by atoms with van der Waals surface area (Å²) >= 11 is 5.11. The van der Waals surface area contributed by atoms with Gasteiger partial charge in [0.05, 0.1) is 17.9 Å². The first-order valence-corrected chi connectivity index (χ1v) is 10.0. The van der Waals surface area contributed by atoms with E-state index in [4.69, 9.17) is 4.42 Å². The predicted octanol–water partition coefficient (Wildman–Crippen LogP) is 3.44. The third-order valence-corrected chi connectivity index (χ3v) is 5.46. The molecule has 2 aromatic rings. The van der Waals surface area contributed by atoms with E-state index in [1.165, 1.54) is 0 Å². The van der Waals surface area contributed by atoms with Crippen molar-refractivity contribution < 1.29 is 14.0 Å². The highest BCUT2D eigenvalue weighted by Crippen LogP contribution is 2.27. The van der Waals surface area contributed by atoms with Crippen LogP contribution >= 0.6 is 27.7 Å². The molecule has 1 aliphatic heterocycles. The summed E-state index contributed by atoms with van der Waals surface area (Å²) in [5, 5.41) is 2.93. The molecule has 132 valence electrons. The summed E-state index contributed by atoms with van der Waals surface area (Å²) in [6.45, 7) is 1.02. The third kappa shape index (κ3) is 4.89. The number of carbonyl (C=O) groups is 2. The molecule has 1 aromatic carbocycles. The molecule has 2 heterocycles. The number of hydrogen-bond acceptors (Lipinski definition) is 4. The van der Waals surface area contributed by atoms with Crippen LogP contribution in [0.25, 0.3) is 0 Å². The van der Waals surface area contributed by atoms with E-state index < -0.39 is 0 Å². The molecule has 1 N–H and O–H groups in total. The first-order chi connectivity index (χ1) is 12.1. The predicted molar refractivity (Wildman–Crippen MR) is 102 cm³/mol. The molecule has 1 saturated heterocycles. The van der Waals surface area contributed by atoms with Crippen molar-refractivity contribution in [1.29, 1.82) is 0 Å². The second kappa shape index (κ2) is 8.58. The number of rotatable bonds is 7. The monoisotopic (exact) mass is 422 g/mol. The van der Waals surface area contributed by atoms with E-state index in [1.807, 2.05) is 36.4 Å². The van der Waals surface area contributed by atoms with Crippen LogP contribution in [0.2, 0.25) is 0 Å². The molecule has 0 bridgehead atoms. The van der Waals surface area contributed by atoms with Gasteiger partial charge in [-0.1, -0.05) is 22.0 Å². The second-order valence-corrected chi connectivity index (χ2v) is 7.83. The Bertz CT molecular complexity index is 736. The average molecular weight is 423 g/mol. The Kier molecular flexibility index (Phi) is 6.20. The third-order valence-electron chi connectivity index (χ3n) is 3.99. The minimum atomic E-state index is -0.290. The number of hydrogen-bond donors (Lipinski definition) is 1. The smallest absolute Gasteiger partial charge is 0.227 e. The van der Waals surface area contributed by atoms with Gasteiger partial charge in [-0.05, 0) is 30.3 Å². The van der Waals surface area contributed by atoms with Gasteiger partial charge in [0.25, 0.3) is 0 Å².